The van der Waals surface area contributed by atoms with Crippen molar-refractivity contribution in [1.29, 1.82) is 0 Å². The fraction of sp³-hybridized carbons (Fsp3) is 0.0667. The molecule has 0 saturated carbocycles. The minimum Gasteiger partial charge on any atom is -0.478 e. The van der Waals surface area contributed by atoms with E-state index in [1.54, 1.807) is 35.0 Å². The smallest absolute Gasteiger partial charge is 0.337 e. The zero-order chi connectivity index (χ0) is 14.5. The third-order valence-corrected chi connectivity index (χ3v) is 2.75. The van der Waals surface area contributed by atoms with Crippen molar-refractivity contribution in [2.24, 2.45) is 0 Å². The zero-order valence-electron chi connectivity index (χ0n) is 10.7. The van der Waals surface area contributed by atoms with Gasteiger partial charge in [-0.2, -0.15) is 4.57 Å². The number of ketones is 1. The van der Waals surface area contributed by atoms with Crippen LogP contribution in [0.25, 0.3) is 5.57 Å². The van der Waals surface area contributed by atoms with Crippen LogP contribution in [-0.2, 0) is 11.3 Å². The van der Waals surface area contributed by atoms with Crippen molar-refractivity contribution >= 4 is 17.3 Å². The first-order valence-electron chi connectivity index (χ1n) is 5.94. The fourth-order valence-electron chi connectivity index (χ4n) is 1.68. The van der Waals surface area contributed by atoms with Crippen molar-refractivity contribution < 1.29 is 19.3 Å². The Morgan fingerprint density at radius 1 is 1.25 bits per heavy atom. The second-order valence-corrected chi connectivity index (χ2v) is 4.19. The minimum atomic E-state index is -1.13. The van der Waals surface area contributed by atoms with Gasteiger partial charge in [-0.05, 0) is 0 Å². The largest absolute Gasteiger partial charge is 0.478 e. The zero-order valence-corrected chi connectivity index (χ0v) is 10.7. The summed E-state index contributed by atoms with van der Waals surface area (Å²) in [5.41, 5.74) is 0.739. The molecule has 1 aromatic carbocycles. The highest BCUT2D eigenvalue weighted by atomic mass is 16.4. The van der Waals surface area contributed by atoms with E-state index in [4.69, 9.17) is 5.11 Å². The van der Waals surface area contributed by atoms with Crippen molar-refractivity contribution in [1.82, 2.24) is 4.98 Å². The first-order chi connectivity index (χ1) is 9.58. The molecule has 0 radical (unpaired) electrons. The van der Waals surface area contributed by atoms with Crippen LogP contribution in [0.2, 0.25) is 0 Å². The standard InChI is InChI=1S/C15H12N2O3/c1-11(15(19)20)13-9-17(8-7-16-13)10-14(18)12-5-3-2-4-6-12/h2-9H,1,10H2/p+1. The van der Waals surface area contributed by atoms with Gasteiger partial charge in [0.25, 0.3) is 0 Å². The fourth-order valence-corrected chi connectivity index (χ4v) is 1.68. The lowest BCUT2D eigenvalue weighted by Gasteiger charge is -2.00. The number of aromatic nitrogens is 2. The lowest BCUT2D eigenvalue weighted by atomic mass is 10.1. The number of rotatable bonds is 5. The molecule has 0 amide bonds. The summed E-state index contributed by atoms with van der Waals surface area (Å²) in [7, 11) is 0. The molecule has 5 heteroatoms. The lowest BCUT2D eigenvalue weighted by molar-refractivity contribution is -0.683. The third-order valence-electron chi connectivity index (χ3n) is 2.75. The highest BCUT2D eigenvalue weighted by molar-refractivity contribution is 6.13. The molecule has 0 aliphatic rings. The summed E-state index contributed by atoms with van der Waals surface area (Å²) >= 11 is 0. The maximum atomic E-state index is 12.0. The SMILES string of the molecule is C=C(C(=O)O)c1c[n+](CC(=O)c2ccccc2)ccn1. The lowest BCUT2D eigenvalue weighted by Crippen LogP contribution is -2.38. The van der Waals surface area contributed by atoms with Gasteiger partial charge in [-0.1, -0.05) is 36.9 Å². The second kappa shape index (κ2) is 5.88. The number of nitrogens with zero attached hydrogens (tertiary/aromatic N) is 2. The summed E-state index contributed by atoms with van der Waals surface area (Å²) in [5.74, 6) is -1.20. The molecule has 0 unspecified atom stereocenters. The van der Waals surface area contributed by atoms with Crippen molar-refractivity contribution in [3.63, 3.8) is 0 Å². The average Bonchev–Trinajstić information content (AvgIpc) is 2.47. The molecule has 2 aromatic rings. The van der Waals surface area contributed by atoms with Crippen LogP contribution in [0.5, 0.6) is 0 Å². The molecule has 5 nitrogen and oxygen atoms in total. The van der Waals surface area contributed by atoms with Crippen LogP contribution in [0.1, 0.15) is 16.1 Å². The van der Waals surface area contributed by atoms with Gasteiger partial charge in [0, 0.05) is 5.56 Å². The van der Waals surface area contributed by atoms with Crippen LogP contribution in [0.4, 0.5) is 0 Å². The Bertz CT molecular complexity index is 666. The Morgan fingerprint density at radius 2 is 1.95 bits per heavy atom. The predicted octanol–water partition coefficient (Wildman–Crippen LogP) is 1.35. The van der Waals surface area contributed by atoms with E-state index < -0.39 is 5.97 Å². The van der Waals surface area contributed by atoms with Crippen molar-refractivity contribution in [2.45, 2.75) is 6.54 Å². The molecule has 0 atom stereocenters. The number of aliphatic carboxylic acids is 1. The molecular weight excluding hydrogens is 256 g/mol. The third kappa shape index (κ3) is 3.14. The van der Waals surface area contributed by atoms with E-state index in [0.717, 1.165) is 0 Å². The normalized spacial score (nSPS) is 10.0. The molecule has 0 saturated heterocycles. The minimum absolute atomic E-state index is 0.0614. The van der Waals surface area contributed by atoms with Gasteiger partial charge in [-0.15, -0.1) is 0 Å². The molecule has 0 aliphatic heterocycles. The average molecular weight is 269 g/mol. The van der Waals surface area contributed by atoms with E-state index in [1.165, 1.54) is 12.4 Å². The van der Waals surface area contributed by atoms with Gasteiger partial charge in [0.1, 0.15) is 5.69 Å². The predicted molar refractivity (Wildman–Crippen MR) is 71.9 cm³/mol. The summed E-state index contributed by atoms with van der Waals surface area (Å²) in [6.07, 6.45) is 4.55. The van der Waals surface area contributed by atoms with Crippen molar-refractivity contribution in [3.8, 4) is 0 Å². The van der Waals surface area contributed by atoms with Crippen LogP contribution in [0.3, 0.4) is 0 Å². The van der Waals surface area contributed by atoms with Gasteiger partial charge in [0.2, 0.25) is 12.3 Å². The molecule has 0 aliphatic carbocycles. The summed E-state index contributed by atoms with van der Waals surface area (Å²) in [6, 6.07) is 8.90. The van der Waals surface area contributed by atoms with Gasteiger partial charge < -0.3 is 5.11 Å². The van der Waals surface area contributed by atoms with E-state index in [2.05, 4.69) is 11.6 Å². The molecule has 1 heterocycles. The van der Waals surface area contributed by atoms with Gasteiger partial charge in [0.15, 0.2) is 12.4 Å². The van der Waals surface area contributed by atoms with Crippen LogP contribution in [0, 0.1) is 0 Å². The molecule has 20 heavy (non-hydrogen) atoms. The molecule has 2 rings (SSSR count). The van der Waals surface area contributed by atoms with Crippen molar-refractivity contribution in [3.05, 3.63) is 66.8 Å². The highest BCUT2D eigenvalue weighted by Gasteiger charge is 2.16. The molecule has 100 valence electrons. The molecular formula is C15H13N2O3+. The summed E-state index contributed by atoms with van der Waals surface area (Å²) in [6.45, 7) is 3.56. The van der Waals surface area contributed by atoms with Gasteiger partial charge in [-0.25, -0.2) is 9.78 Å². The number of benzene rings is 1. The van der Waals surface area contributed by atoms with E-state index in [-0.39, 0.29) is 23.6 Å². The Kier molecular flexibility index (Phi) is 4.00. The molecule has 0 fully saturated rings. The molecule has 0 spiro atoms. The maximum Gasteiger partial charge on any atom is 0.337 e. The second-order valence-electron chi connectivity index (χ2n) is 4.19. The topological polar surface area (TPSA) is 71.1 Å². The molecule has 1 N–H and O–H groups in total. The Labute approximate surface area is 115 Å². The number of hydrogen-bond donors (Lipinski definition) is 1. The summed E-state index contributed by atoms with van der Waals surface area (Å²) in [5, 5.41) is 8.87. The number of hydrogen-bond acceptors (Lipinski definition) is 3. The first kappa shape index (κ1) is 13.6. The quantitative estimate of drug-likeness (QED) is 0.505. The molecule has 1 aromatic heterocycles. The Morgan fingerprint density at radius 3 is 2.60 bits per heavy atom. The maximum absolute atomic E-state index is 12.0. The monoisotopic (exact) mass is 269 g/mol. The Balaban J connectivity index is 2.18. The number of carbonyl (C=O) groups excluding carboxylic acids is 1. The molecule has 0 bridgehead atoms. The van der Waals surface area contributed by atoms with Crippen LogP contribution < -0.4 is 4.57 Å². The number of carboxylic acid groups (broad SMARTS) is 1. The Hall–Kier alpha value is -2.82. The van der Waals surface area contributed by atoms with E-state index in [1.807, 2.05) is 6.07 Å². The van der Waals surface area contributed by atoms with E-state index >= 15 is 0 Å². The van der Waals surface area contributed by atoms with Gasteiger partial charge >= 0.3 is 5.97 Å². The van der Waals surface area contributed by atoms with Crippen LogP contribution >= 0.6 is 0 Å². The van der Waals surface area contributed by atoms with Gasteiger partial charge in [-0.3, -0.25) is 4.79 Å². The van der Waals surface area contributed by atoms with Crippen LogP contribution in [0.15, 0.2) is 55.5 Å². The van der Waals surface area contributed by atoms with Crippen molar-refractivity contribution in [2.75, 3.05) is 0 Å². The number of carbonyl (C=O) groups is 2. The van der Waals surface area contributed by atoms with Crippen LogP contribution in [-0.4, -0.2) is 21.8 Å². The first-order valence-corrected chi connectivity index (χ1v) is 5.94. The number of Topliss-reactive ketones (excluding diaryl/α,β-unsaturated/α-hetero) is 1. The van der Waals surface area contributed by atoms with Gasteiger partial charge in [0.05, 0.1) is 11.8 Å². The number of carboxylic acids is 1. The summed E-state index contributed by atoms with van der Waals surface area (Å²) < 4.78 is 1.59. The van der Waals surface area contributed by atoms with E-state index in [9.17, 15) is 9.59 Å². The van der Waals surface area contributed by atoms with E-state index in [0.29, 0.717) is 5.56 Å². The highest BCUT2D eigenvalue weighted by Crippen LogP contribution is 2.06. The summed E-state index contributed by atoms with van der Waals surface area (Å²) in [4.78, 5) is 26.8.